The highest BCUT2D eigenvalue weighted by Crippen LogP contribution is 2.26. The summed E-state index contributed by atoms with van der Waals surface area (Å²) in [6.07, 6.45) is 8.90. The summed E-state index contributed by atoms with van der Waals surface area (Å²) in [6.45, 7) is 5.37. The number of hydrogen-bond donors (Lipinski definition) is 3. The Labute approximate surface area is 139 Å². The first-order valence-corrected chi connectivity index (χ1v) is 9.33. The summed E-state index contributed by atoms with van der Waals surface area (Å²) < 4.78 is 0. The molecule has 130 valence electrons. The molecule has 6 nitrogen and oxygen atoms in total. The van der Waals surface area contributed by atoms with Gasteiger partial charge in [0.05, 0.1) is 0 Å². The van der Waals surface area contributed by atoms with E-state index in [4.69, 9.17) is 0 Å². The van der Waals surface area contributed by atoms with E-state index in [1.807, 2.05) is 0 Å². The van der Waals surface area contributed by atoms with Crippen LogP contribution in [0.15, 0.2) is 4.99 Å². The third kappa shape index (κ3) is 5.09. The Hall–Kier alpha value is -1.30. The zero-order valence-corrected chi connectivity index (χ0v) is 14.3. The van der Waals surface area contributed by atoms with Crippen molar-refractivity contribution in [2.24, 2.45) is 4.99 Å². The topological polar surface area (TPSA) is 68.8 Å². The normalized spacial score (nSPS) is 26.5. The molecule has 1 unspecified atom stereocenters. The summed E-state index contributed by atoms with van der Waals surface area (Å²) in [5.74, 6) is 0.806. The predicted octanol–water partition coefficient (Wildman–Crippen LogP) is 0.837. The van der Waals surface area contributed by atoms with Gasteiger partial charge in [-0.2, -0.15) is 0 Å². The Morgan fingerprint density at radius 3 is 2.57 bits per heavy atom. The lowest BCUT2D eigenvalue weighted by atomic mass is 10.2. The van der Waals surface area contributed by atoms with Crippen molar-refractivity contribution in [1.29, 1.82) is 0 Å². The fourth-order valence-electron chi connectivity index (χ4n) is 3.67. The summed E-state index contributed by atoms with van der Waals surface area (Å²) in [4.78, 5) is 18.9. The first kappa shape index (κ1) is 16.6. The Morgan fingerprint density at radius 2 is 1.87 bits per heavy atom. The van der Waals surface area contributed by atoms with Gasteiger partial charge in [0.25, 0.3) is 0 Å². The third-order valence-electron chi connectivity index (χ3n) is 5.07. The summed E-state index contributed by atoms with van der Waals surface area (Å²) >= 11 is 0. The van der Waals surface area contributed by atoms with Gasteiger partial charge in [-0.15, -0.1) is 0 Å². The van der Waals surface area contributed by atoms with Crippen LogP contribution < -0.4 is 16.0 Å². The van der Waals surface area contributed by atoms with Crippen LogP contribution in [0.3, 0.4) is 0 Å². The number of rotatable bonds is 6. The molecule has 1 aliphatic heterocycles. The number of aliphatic imine (C=N–C) groups is 1. The molecule has 0 aromatic carbocycles. The van der Waals surface area contributed by atoms with E-state index in [0.29, 0.717) is 12.1 Å². The molecule has 1 atom stereocenters. The predicted molar refractivity (Wildman–Crippen MR) is 92.5 cm³/mol. The van der Waals surface area contributed by atoms with Crippen molar-refractivity contribution < 1.29 is 4.79 Å². The van der Waals surface area contributed by atoms with E-state index in [-0.39, 0.29) is 12.5 Å². The standard InChI is InChI=1S/C17H31N5O/c1-2-18-17(19-11-16(23)20-13-7-8-13)21-14-9-10-22(12-14)15-5-3-4-6-15/h13-15H,2-12H2,1H3,(H,20,23)(H2,18,19,21). The molecular formula is C17H31N5O. The van der Waals surface area contributed by atoms with E-state index in [1.54, 1.807) is 0 Å². The molecule has 1 amide bonds. The number of likely N-dealkylation sites (tertiary alicyclic amines) is 1. The van der Waals surface area contributed by atoms with E-state index in [9.17, 15) is 4.79 Å². The summed E-state index contributed by atoms with van der Waals surface area (Å²) in [5.41, 5.74) is 0. The van der Waals surface area contributed by atoms with E-state index in [1.165, 1.54) is 32.2 Å². The van der Waals surface area contributed by atoms with Crippen LogP contribution in [0, 0.1) is 0 Å². The molecule has 23 heavy (non-hydrogen) atoms. The molecule has 1 saturated heterocycles. The molecule has 0 radical (unpaired) electrons. The van der Waals surface area contributed by atoms with Crippen LogP contribution >= 0.6 is 0 Å². The second kappa shape index (κ2) is 7.99. The quantitative estimate of drug-likeness (QED) is 0.501. The van der Waals surface area contributed by atoms with Crippen molar-refractivity contribution in [1.82, 2.24) is 20.9 Å². The third-order valence-corrected chi connectivity index (χ3v) is 5.07. The summed E-state index contributed by atoms with van der Waals surface area (Å²) in [6, 6.07) is 1.65. The Balaban J connectivity index is 1.45. The fraction of sp³-hybridized carbons (Fsp3) is 0.882. The number of carbonyl (C=O) groups is 1. The fourth-order valence-corrected chi connectivity index (χ4v) is 3.67. The van der Waals surface area contributed by atoms with Crippen LogP contribution in [0.4, 0.5) is 0 Å². The minimum absolute atomic E-state index is 0.0312. The van der Waals surface area contributed by atoms with Gasteiger partial charge in [0, 0.05) is 37.8 Å². The van der Waals surface area contributed by atoms with Crippen molar-refractivity contribution in [2.75, 3.05) is 26.2 Å². The van der Waals surface area contributed by atoms with E-state index >= 15 is 0 Å². The van der Waals surface area contributed by atoms with Crippen LogP contribution in [-0.2, 0) is 4.79 Å². The van der Waals surface area contributed by atoms with Gasteiger partial charge in [-0.05, 0) is 39.0 Å². The maximum absolute atomic E-state index is 11.8. The van der Waals surface area contributed by atoms with Gasteiger partial charge in [0.1, 0.15) is 6.54 Å². The van der Waals surface area contributed by atoms with Crippen molar-refractivity contribution >= 4 is 11.9 Å². The minimum Gasteiger partial charge on any atom is -0.357 e. The van der Waals surface area contributed by atoms with Gasteiger partial charge in [-0.25, -0.2) is 4.99 Å². The highest BCUT2D eigenvalue weighted by Gasteiger charge is 2.30. The lowest BCUT2D eigenvalue weighted by molar-refractivity contribution is -0.119. The van der Waals surface area contributed by atoms with Gasteiger partial charge >= 0.3 is 0 Å². The van der Waals surface area contributed by atoms with Crippen molar-refractivity contribution in [3.63, 3.8) is 0 Å². The molecule has 0 bridgehead atoms. The first-order chi connectivity index (χ1) is 11.2. The van der Waals surface area contributed by atoms with Crippen LogP contribution in [0.5, 0.6) is 0 Å². The molecule has 6 heteroatoms. The monoisotopic (exact) mass is 321 g/mol. The van der Waals surface area contributed by atoms with Crippen molar-refractivity contribution in [2.45, 2.75) is 70.0 Å². The van der Waals surface area contributed by atoms with Gasteiger partial charge in [-0.1, -0.05) is 12.8 Å². The zero-order chi connectivity index (χ0) is 16.1. The van der Waals surface area contributed by atoms with Crippen molar-refractivity contribution in [3.8, 4) is 0 Å². The molecule has 0 spiro atoms. The maximum atomic E-state index is 11.8. The van der Waals surface area contributed by atoms with E-state index in [0.717, 1.165) is 44.4 Å². The molecular weight excluding hydrogens is 290 g/mol. The first-order valence-electron chi connectivity index (χ1n) is 9.33. The molecule has 0 aromatic heterocycles. The van der Waals surface area contributed by atoms with Gasteiger partial charge in [-0.3, -0.25) is 9.69 Å². The SMILES string of the molecule is CCNC(=NCC(=O)NC1CC1)NC1CCN(C2CCCC2)C1. The van der Waals surface area contributed by atoms with Crippen LogP contribution in [-0.4, -0.2) is 61.1 Å². The molecule has 3 fully saturated rings. The van der Waals surface area contributed by atoms with Gasteiger partial charge in [0.15, 0.2) is 5.96 Å². The number of hydrogen-bond acceptors (Lipinski definition) is 3. The highest BCUT2D eigenvalue weighted by atomic mass is 16.2. The maximum Gasteiger partial charge on any atom is 0.242 e. The molecule has 1 heterocycles. The lowest BCUT2D eigenvalue weighted by Crippen LogP contribution is -2.45. The average molecular weight is 321 g/mol. The summed E-state index contributed by atoms with van der Waals surface area (Å²) in [5, 5.41) is 9.75. The minimum atomic E-state index is 0.0312. The Morgan fingerprint density at radius 1 is 1.09 bits per heavy atom. The van der Waals surface area contributed by atoms with Crippen LogP contribution in [0.2, 0.25) is 0 Å². The number of nitrogens with zero attached hydrogens (tertiary/aromatic N) is 2. The second-order valence-corrected chi connectivity index (χ2v) is 7.10. The lowest BCUT2D eigenvalue weighted by Gasteiger charge is -2.24. The zero-order valence-electron chi connectivity index (χ0n) is 14.3. The van der Waals surface area contributed by atoms with Gasteiger partial charge < -0.3 is 16.0 Å². The smallest absolute Gasteiger partial charge is 0.242 e. The van der Waals surface area contributed by atoms with E-state index < -0.39 is 0 Å². The number of guanidine groups is 1. The second-order valence-electron chi connectivity index (χ2n) is 7.10. The molecule has 2 saturated carbocycles. The molecule has 2 aliphatic carbocycles. The average Bonchev–Trinajstić information content (AvgIpc) is 3.03. The largest absolute Gasteiger partial charge is 0.357 e. The van der Waals surface area contributed by atoms with Crippen LogP contribution in [0.25, 0.3) is 0 Å². The summed E-state index contributed by atoms with van der Waals surface area (Å²) in [7, 11) is 0. The highest BCUT2D eigenvalue weighted by molar-refractivity contribution is 5.85. The van der Waals surface area contributed by atoms with Crippen LogP contribution in [0.1, 0.15) is 51.9 Å². The number of nitrogens with one attached hydrogen (secondary N) is 3. The van der Waals surface area contributed by atoms with Gasteiger partial charge in [0.2, 0.25) is 5.91 Å². The number of carbonyl (C=O) groups excluding carboxylic acids is 1. The molecule has 3 aliphatic rings. The van der Waals surface area contributed by atoms with Crippen molar-refractivity contribution in [3.05, 3.63) is 0 Å². The number of amides is 1. The Kier molecular flexibility index (Phi) is 5.75. The molecule has 3 N–H and O–H groups in total. The Bertz CT molecular complexity index is 429. The molecule has 0 aromatic rings. The van der Waals surface area contributed by atoms with E-state index in [2.05, 4.69) is 32.8 Å². The molecule has 3 rings (SSSR count).